The molecule has 0 amide bonds. The van der Waals surface area contributed by atoms with Crippen molar-refractivity contribution >= 4 is 11.0 Å². The molecule has 0 aliphatic rings. The Morgan fingerprint density at radius 2 is 1.71 bits per heavy atom. The molecule has 24 heavy (non-hydrogen) atoms. The van der Waals surface area contributed by atoms with E-state index in [9.17, 15) is 15.3 Å². The highest BCUT2D eigenvalue weighted by Gasteiger charge is 2.11. The van der Waals surface area contributed by atoms with Gasteiger partial charge in [-0.2, -0.15) is 0 Å². The fraction of sp³-hybridized carbons (Fsp3) is 0.158. The zero-order chi connectivity index (χ0) is 17.3. The van der Waals surface area contributed by atoms with Gasteiger partial charge in [-0.05, 0) is 43.2 Å². The normalized spacial score (nSPS) is 12.0. The molecule has 1 aromatic heterocycles. The van der Waals surface area contributed by atoms with Crippen LogP contribution >= 0.6 is 0 Å². The molecule has 0 fully saturated rings. The van der Waals surface area contributed by atoms with Crippen molar-refractivity contribution in [2.75, 3.05) is 6.61 Å². The van der Waals surface area contributed by atoms with Gasteiger partial charge in [0.1, 0.15) is 28.6 Å². The summed E-state index contributed by atoms with van der Waals surface area (Å²) in [6.07, 6.45) is 2.36. The lowest BCUT2D eigenvalue weighted by atomic mass is 10.1. The van der Waals surface area contributed by atoms with E-state index in [1.165, 1.54) is 18.2 Å². The van der Waals surface area contributed by atoms with Gasteiger partial charge in [0.2, 0.25) is 0 Å². The Morgan fingerprint density at radius 1 is 1.00 bits per heavy atom. The van der Waals surface area contributed by atoms with Gasteiger partial charge in [-0.3, -0.25) is 0 Å². The van der Waals surface area contributed by atoms with Crippen LogP contribution in [0.3, 0.4) is 0 Å². The van der Waals surface area contributed by atoms with Gasteiger partial charge in [-0.25, -0.2) is 0 Å². The largest absolute Gasteiger partial charge is 0.508 e. The van der Waals surface area contributed by atoms with Crippen LogP contribution in [0.2, 0.25) is 0 Å². The van der Waals surface area contributed by atoms with E-state index < -0.39 is 0 Å². The number of phenols is 3. The number of allylic oxidation sites excluding steroid dienone is 1. The van der Waals surface area contributed by atoms with Crippen LogP contribution in [0.25, 0.3) is 22.3 Å². The van der Waals surface area contributed by atoms with Crippen LogP contribution in [0.4, 0.5) is 0 Å². The van der Waals surface area contributed by atoms with Gasteiger partial charge < -0.3 is 24.8 Å². The summed E-state index contributed by atoms with van der Waals surface area (Å²) >= 11 is 0. The Morgan fingerprint density at radius 3 is 2.38 bits per heavy atom. The average molecular weight is 326 g/mol. The van der Waals surface area contributed by atoms with Crippen molar-refractivity contribution in [1.29, 1.82) is 0 Å². The first kappa shape index (κ1) is 16.0. The fourth-order valence-electron chi connectivity index (χ4n) is 2.52. The van der Waals surface area contributed by atoms with Gasteiger partial charge in [0.05, 0.1) is 6.61 Å². The predicted molar refractivity (Wildman–Crippen MR) is 91.2 cm³/mol. The molecule has 0 atom stereocenters. The van der Waals surface area contributed by atoms with Crippen molar-refractivity contribution in [2.45, 2.75) is 13.3 Å². The van der Waals surface area contributed by atoms with Gasteiger partial charge in [0.15, 0.2) is 0 Å². The molecule has 5 nitrogen and oxygen atoms in total. The first-order valence-electron chi connectivity index (χ1n) is 7.51. The van der Waals surface area contributed by atoms with Crippen LogP contribution in [0.5, 0.6) is 17.2 Å². The minimum atomic E-state index is -0.0568. The molecular formula is C19H18O5. The molecule has 124 valence electrons. The van der Waals surface area contributed by atoms with Crippen molar-refractivity contribution in [3.63, 3.8) is 0 Å². The third kappa shape index (κ3) is 3.21. The van der Waals surface area contributed by atoms with Crippen molar-refractivity contribution in [2.24, 2.45) is 0 Å². The summed E-state index contributed by atoms with van der Waals surface area (Å²) in [4.78, 5) is 0. The van der Waals surface area contributed by atoms with E-state index in [1.54, 1.807) is 12.1 Å². The van der Waals surface area contributed by atoms with Gasteiger partial charge in [-0.1, -0.05) is 11.6 Å². The molecule has 0 aliphatic carbocycles. The van der Waals surface area contributed by atoms with Crippen LogP contribution in [0.1, 0.15) is 12.5 Å². The number of furan rings is 1. The van der Waals surface area contributed by atoms with E-state index in [0.717, 1.165) is 16.5 Å². The quantitative estimate of drug-likeness (QED) is 0.549. The Kier molecular flexibility index (Phi) is 4.18. The van der Waals surface area contributed by atoms with Crippen LogP contribution in [-0.2, 0) is 6.42 Å². The van der Waals surface area contributed by atoms with Crippen molar-refractivity contribution in [3.05, 3.63) is 53.6 Å². The zero-order valence-electron chi connectivity index (χ0n) is 13.2. The standard InChI is InChI=1S/C19H18O5/c1-11(10-20)2-3-12-4-13-7-18(24-19(13)9-17(12)23)14-5-15(21)8-16(22)6-14/h2,4-9,20-23H,3,10H2,1H3/b11-2+. The maximum Gasteiger partial charge on any atom is 0.138 e. The second-order valence-electron chi connectivity index (χ2n) is 5.78. The molecule has 2 aromatic carbocycles. The Hall–Kier alpha value is -2.92. The summed E-state index contributed by atoms with van der Waals surface area (Å²) in [6, 6.07) is 9.37. The van der Waals surface area contributed by atoms with Crippen molar-refractivity contribution < 1.29 is 24.8 Å². The van der Waals surface area contributed by atoms with E-state index in [-0.39, 0.29) is 23.9 Å². The molecular weight excluding hydrogens is 308 g/mol. The number of aromatic hydroxyl groups is 3. The Bertz CT molecular complexity index is 901. The van der Waals surface area contributed by atoms with Crippen LogP contribution in [0.15, 0.2) is 52.5 Å². The van der Waals surface area contributed by atoms with Gasteiger partial charge in [0.25, 0.3) is 0 Å². The number of aliphatic hydroxyl groups is 1. The summed E-state index contributed by atoms with van der Waals surface area (Å²) in [5.41, 5.74) is 2.61. The molecule has 0 bridgehead atoms. The summed E-state index contributed by atoms with van der Waals surface area (Å²) < 4.78 is 5.71. The van der Waals surface area contributed by atoms with E-state index in [1.807, 2.05) is 19.1 Å². The number of hydrogen-bond acceptors (Lipinski definition) is 5. The SMILES string of the molecule is C/C(=C\Cc1cc2cc(-c3cc(O)cc(O)c3)oc2cc1O)CO. The summed E-state index contributed by atoms with van der Waals surface area (Å²) in [5.74, 6) is 0.483. The molecule has 3 aromatic rings. The first-order valence-corrected chi connectivity index (χ1v) is 7.51. The number of rotatable bonds is 4. The third-order valence-electron chi connectivity index (χ3n) is 3.82. The van der Waals surface area contributed by atoms with Crippen molar-refractivity contribution in [1.82, 2.24) is 0 Å². The van der Waals surface area contributed by atoms with E-state index in [0.29, 0.717) is 23.3 Å². The summed E-state index contributed by atoms with van der Waals surface area (Å²) in [6.45, 7) is 1.81. The molecule has 0 aliphatic heterocycles. The van der Waals surface area contributed by atoms with Gasteiger partial charge >= 0.3 is 0 Å². The Balaban J connectivity index is 2.02. The monoisotopic (exact) mass is 326 g/mol. The molecule has 3 rings (SSSR count). The highest BCUT2D eigenvalue weighted by atomic mass is 16.3. The second kappa shape index (κ2) is 6.29. The van der Waals surface area contributed by atoms with E-state index in [4.69, 9.17) is 9.52 Å². The average Bonchev–Trinajstić information content (AvgIpc) is 2.94. The molecule has 0 spiro atoms. The van der Waals surface area contributed by atoms with Crippen molar-refractivity contribution in [3.8, 4) is 28.6 Å². The van der Waals surface area contributed by atoms with Gasteiger partial charge in [-0.15, -0.1) is 0 Å². The number of aliphatic hydroxyl groups excluding tert-OH is 1. The third-order valence-corrected chi connectivity index (χ3v) is 3.82. The molecule has 4 N–H and O–H groups in total. The number of hydrogen-bond donors (Lipinski definition) is 4. The second-order valence-corrected chi connectivity index (χ2v) is 5.78. The molecule has 0 saturated carbocycles. The Labute approximate surface area is 138 Å². The molecule has 1 heterocycles. The minimum Gasteiger partial charge on any atom is -0.508 e. The summed E-state index contributed by atoms with van der Waals surface area (Å²) in [5, 5.41) is 39.2. The van der Waals surface area contributed by atoms with Crippen LogP contribution < -0.4 is 0 Å². The number of benzene rings is 2. The molecule has 0 saturated heterocycles. The smallest absolute Gasteiger partial charge is 0.138 e. The highest BCUT2D eigenvalue weighted by molar-refractivity contribution is 5.85. The highest BCUT2D eigenvalue weighted by Crippen LogP contribution is 2.35. The lowest BCUT2D eigenvalue weighted by Crippen LogP contribution is -1.88. The van der Waals surface area contributed by atoms with Crippen LogP contribution in [0, 0.1) is 0 Å². The number of fused-ring (bicyclic) bond motifs is 1. The van der Waals surface area contributed by atoms with E-state index >= 15 is 0 Å². The van der Waals surface area contributed by atoms with Gasteiger partial charge in [0, 0.05) is 23.1 Å². The predicted octanol–water partition coefficient (Wildman–Crippen LogP) is 3.70. The topological polar surface area (TPSA) is 94.1 Å². The maximum atomic E-state index is 10.1. The molecule has 0 unspecified atom stereocenters. The maximum absolute atomic E-state index is 10.1. The molecule has 0 radical (unpaired) electrons. The lowest BCUT2D eigenvalue weighted by molar-refractivity contribution is 0.331. The summed E-state index contributed by atoms with van der Waals surface area (Å²) in [7, 11) is 0. The fourth-order valence-corrected chi connectivity index (χ4v) is 2.52. The van der Waals surface area contributed by atoms with E-state index in [2.05, 4.69) is 0 Å². The number of phenolic OH excluding ortho intramolecular Hbond substituents is 3. The minimum absolute atomic E-state index is 0.0140. The zero-order valence-corrected chi connectivity index (χ0v) is 13.2. The molecule has 5 heteroatoms. The van der Waals surface area contributed by atoms with Crippen LogP contribution in [-0.4, -0.2) is 27.0 Å². The lowest BCUT2D eigenvalue weighted by Gasteiger charge is -2.02. The first-order chi connectivity index (χ1) is 11.5.